The van der Waals surface area contributed by atoms with Crippen LogP contribution in [0.2, 0.25) is 0 Å². The van der Waals surface area contributed by atoms with Gasteiger partial charge in [0, 0.05) is 18.0 Å². The van der Waals surface area contributed by atoms with E-state index in [1.165, 1.54) is 5.56 Å². The maximum Gasteiger partial charge on any atom is 0.179 e. The van der Waals surface area contributed by atoms with E-state index in [0.29, 0.717) is 0 Å². The topological polar surface area (TPSA) is 55.1 Å². The second-order valence-electron chi connectivity index (χ2n) is 4.34. The lowest BCUT2D eigenvalue weighted by atomic mass is 10.0. The molecule has 0 aliphatic carbocycles. The Bertz CT molecular complexity index is 689. The smallest absolute Gasteiger partial charge is 0.179 e. The van der Waals surface area contributed by atoms with Gasteiger partial charge in [-0.3, -0.25) is 9.38 Å². The Morgan fingerprint density at radius 2 is 2.11 bits per heavy atom. The second-order valence-corrected chi connectivity index (χ2v) is 4.34. The van der Waals surface area contributed by atoms with Crippen LogP contribution in [-0.4, -0.2) is 33.2 Å². The summed E-state index contributed by atoms with van der Waals surface area (Å²) in [4.78, 5) is 4.06. The number of nitrogens with one attached hydrogen (secondary N) is 1. The SMILES string of the molecule is CNCCc1ccccc1-c1nnc2cnccn12. The second kappa shape index (κ2) is 5.16. The summed E-state index contributed by atoms with van der Waals surface area (Å²) in [6.45, 7) is 0.940. The summed E-state index contributed by atoms with van der Waals surface area (Å²) in [7, 11) is 1.96. The number of fused-ring (bicyclic) bond motifs is 1. The van der Waals surface area contributed by atoms with Crippen molar-refractivity contribution >= 4 is 5.65 Å². The molecule has 5 heteroatoms. The summed E-state index contributed by atoms with van der Waals surface area (Å²) >= 11 is 0. The van der Waals surface area contributed by atoms with Crippen molar-refractivity contribution in [3.63, 3.8) is 0 Å². The van der Waals surface area contributed by atoms with Gasteiger partial charge in [-0.1, -0.05) is 24.3 Å². The van der Waals surface area contributed by atoms with Crippen LogP contribution in [0.25, 0.3) is 17.0 Å². The van der Waals surface area contributed by atoms with Crippen molar-refractivity contribution in [2.24, 2.45) is 0 Å². The Labute approximate surface area is 111 Å². The molecule has 0 bridgehead atoms. The lowest BCUT2D eigenvalue weighted by Crippen LogP contribution is -2.11. The molecule has 0 spiro atoms. The fraction of sp³-hybridized carbons (Fsp3) is 0.214. The minimum atomic E-state index is 0.765. The number of benzene rings is 1. The van der Waals surface area contributed by atoms with Crippen molar-refractivity contribution in [2.45, 2.75) is 6.42 Å². The van der Waals surface area contributed by atoms with Gasteiger partial charge in [0.25, 0.3) is 0 Å². The van der Waals surface area contributed by atoms with E-state index in [4.69, 9.17) is 0 Å². The largest absolute Gasteiger partial charge is 0.319 e. The zero-order chi connectivity index (χ0) is 13.1. The van der Waals surface area contributed by atoms with Crippen LogP contribution >= 0.6 is 0 Å². The maximum absolute atomic E-state index is 4.29. The molecule has 0 atom stereocenters. The van der Waals surface area contributed by atoms with E-state index in [1.54, 1.807) is 12.4 Å². The lowest BCUT2D eigenvalue weighted by Gasteiger charge is -2.07. The van der Waals surface area contributed by atoms with Gasteiger partial charge in [0.15, 0.2) is 11.5 Å². The number of hydrogen-bond donors (Lipinski definition) is 1. The number of aromatic nitrogens is 4. The van der Waals surface area contributed by atoms with Crippen molar-refractivity contribution < 1.29 is 0 Å². The van der Waals surface area contributed by atoms with Gasteiger partial charge < -0.3 is 5.32 Å². The van der Waals surface area contributed by atoms with Gasteiger partial charge in [0.1, 0.15) is 0 Å². The lowest BCUT2D eigenvalue weighted by molar-refractivity contribution is 0.792. The number of hydrogen-bond acceptors (Lipinski definition) is 4. The van der Waals surface area contributed by atoms with E-state index in [1.807, 2.05) is 23.7 Å². The van der Waals surface area contributed by atoms with E-state index < -0.39 is 0 Å². The van der Waals surface area contributed by atoms with Crippen molar-refractivity contribution in [3.05, 3.63) is 48.4 Å². The van der Waals surface area contributed by atoms with Crippen LogP contribution < -0.4 is 5.32 Å². The number of rotatable bonds is 4. The van der Waals surface area contributed by atoms with Crippen molar-refractivity contribution in [1.29, 1.82) is 0 Å². The molecule has 96 valence electrons. The molecule has 19 heavy (non-hydrogen) atoms. The van der Waals surface area contributed by atoms with Gasteiger partial charge in [-0.15, -0.1) is 10.2 Å². The highest BCUT2D eigenvalue weighted by atomic mass is 15.2. The summed E-state index contributed by atoms with van der Waals surface area (Å²) in [5, 5.41) is 11.6. The highest BCUT2D eigenvalue weighted by Gasteiger charge is 2.11. The van der Waals surface area contributed by atoms with E-state index in [2.05, 4.69) is 38.7 Å². The minimum absolute atomic E-state index is 0.765. The molecule has 1 aromatic carbocycles. The Kier molecular flexibility index (Phi) is 3.20. The van der Waals surface area contributed by atoms with Crippen LogP contribution in [0.5, 0.6) is 0 Å². The molecule has 0 aliphatic heterocycles. The molecule has 2 heterocycles. The molecule has 3 aromatic rings. The molecular weight excluding hydrogens is 238 g/mol. The standard InChI is InChI=1S/C14H15N5/c1-15-7-6-11-4-2-3-5-12(11)14-18-17-13-10-16-8-9-19(13)14/h2-5,8-10,15H,6-7H2,1H3. The average molecular weight is 253 g/mol. The van der Waals surface area contributed by atoms with Crippen molar-refractivity contribution in [3.8, 4) is 11.4 Å². The molecule has 5 nitrogen and oxygen atoms in total. The molecule has 0 radical (unpaired) electrons. The first-order valence-corrected chi connectivity index (χ1v) is 6.28. The van der Waals surface area contributed by atoms with E-state index in [0.717, 1.165) is 30.0 Å². The van der Waals surface area contributed by atoms with Crippen molar-refractivity contribution in [2.75, 3.05) is 13.6 Å². The predicted molar refractivity (Wildman–Crippen MR) is 73.8 cm³/mol. The number of nitrogens with zero attached hydrogens (tertiary/aromatic N) is 4. The van der Waals surface area contributed by atoms with Crippen LogP contribution in [-0.2, 0) is 6.42 Å². The third-order valence-corrected chi connectivity index (χ3v) is 3.12. The Morgan fingerprint density at radius 3 is 3.00 bits per heavy atom. The molecule has 1 N–H and O–H groups in total. The Hall–Kier alpha value is -2.27. The zero-order valence-corrected chi connectivity index (χ0v) is 10.7. The summed E-state index contributed by atoms with van der Waals surface area (Å²) in [5.41, 5.74) is 3.15. The monoisotopic (exact) mass is 253 g/mol. The van der Waals surface area contributed by atoms with Crippen LogP contribution in [0.4, 0.5) is 0 Å². The molecular formula is C14H15N5. The van der Waals surface area contributed by atoms with Gasteiger partial charge in [-0.05, 0) is 25.6 Å². The number of likely N-dealkylation sites (N-methyl/N-ethyl adjacent to an activating group) is 1. The quantitative estimate of drug-likeness (QED) is 0.766. The summed E-state index contributed by atoms with van der Waals surface area (Å²) < 4.78 is 1.96. The van der Waals surface area contributed by atoms with Gasteiger partial charge in [0.2, 0.25) is 0 Å². The van der Waals surface area contributed by atoms with Gasteiger partial charge in [-0.25, -0.2) is 0 Å². The van der Waals surface area contributed by atoms with E-state index in [9.17, 15) is 0 Å². The van der Waals surface area contributed by atoms with Crippen LogP contribution in [0.1, 0.15) is 5.56 Å². The first-order chi connectivity index (χ1) is 9.40. The molecule has 0 amide bonds. The van der Waals surface area contributed by atoms with Crippen molar-refractivity contribution in [1.82, 2.24) is 24.9 Å². The third kappa shape index (κ3) is 2.20. The first-order valence-electron chi connectivity index (χ1n) is 6.28. The highest BCUT2D eigenvalue weighted by molar-refractivity contribution is 5.63. The predicted octanol–water partition coefficient (Wildman–Crippen LogP) is 1.55. The Morgan fingerprint density at radius 1 is 1.21 bits per heavy atom. The summed E-state index contributed by atoms with van der Waals surface area (Å²) in [6, 6.07) is 8.30. The molecule has 0 unspecified atom stereocenters. The molecule has 2 aromatic heterocycles. The zero-order valence-electron chi connectivity index (χ0n) is 10.7. The van der Waals surface area contributed by atoms with Crippen LogP contribution in [0, 0.1) is 0 Å². The average Bonchev–Trinajstić information content (AvgIpc) is 2.89. The summed E-state index contributed by atoms with van der Waals surface area (Å²) in [5.74, 6) is 0.865. The fourth-order valence-electron chi connectivity index (χ4n) is 2.15. The van der Waals surface area contributed by atoms with Crippen LogP contribution in [0.15, 0.2) is 42.9 Å². The molecule has 0 fully saturated rings. The normalized spacial score (nSPS) is 11.0. The molecule has 0 aliphatic rings. The molecule has 0 saturated heterocycles. The highest BCUT2D eigenvalue weighted by Crippen LogP contribution is 2.22. The molecule has 3 rings (SSSR count). The van der Waals surface area contributed by atoms with Crippen LogP contribution in [0.3, 0.4) is 0 Å². The molecule has 0 saturated carbocycles. The maximum atomic E-state index is 4.29. The van der Waals surface area contributed by atoms with E-state index in [-0.39, 0.29) is 0 Å². The summed E-state index contributed by atoms with van der Waals surface area (Å²) in [6.07, 6.45) is 6.31. The minimum Gasteiger partial charge on any atom is -0.319 e. The fourth-order valence-corrected chi connectivity index (χ4v) is 2.15. The van der Waals surface area contributed by atoms with Gasteiger partial charge in [-0.2, -0.15) is 0 Å². The van der Waals surface area contributed by atoms with E-state index >= 15 is 0 Å². The Balaban J connectivity index is 2.11. The third-order valence-electron chi connectivity index (χ3n) is 3.12. The van der Waals surface area contributed by atoms with Gasteiger partial charge >= 0.3 is 0 Å². The van der Waals surface area contributed by atoms with Gasteiger partial charge in [0.05, 0.1) is 6.20 Å². The first kappa shape index (κ1) is 11.8.